The molecule has 0 fully saturated rings. The summed E-state index contributed by atoms with van der Waals surface area (Å²) in [6.07, 6.45) is 0.714. The van der Waals surface area contributed by atoms with Gasteiger partial charge in [-0.3, -0.25) is 4.99 Å². The summed E-state index contributed by atoms with van der Waals surface area (Å²) in [5, 5.41) is 3.28. The van der Waals surface area contributed by atoms with Gasteiger partial charge in [-0.15, -0.1) is 24.0 Å². The molecule has 0 aromatic heterocycles. The van der Waals surface area contributed by atoms with Crippen molar-refractivity contribution < 1.29 is 13.2 Å². The monoisotopic (exact) mass is 512 g/mol. The van der Waals surface area contributed by atoms with E-state index in [1.54, 1.807) is 21.0 Å². The third-order valence-corrected chi connectivity index (χ3v) is 5.86. The Balaban J connectivity index is 0.00000676. The van der Waals surface area contributed by atoms with Gasteiger partial charge in [-0.2, -0.15) is 0 Å². The molecule has 0 saturated heterocycles. The Morgan fingerprint density at radius 2 is 1.81 bits per heavy atom. The van der Waals surface area contributed by atoms with Gasteiger partial charge in [-0.25, -0.2) is 12.7 Å². The number of sulfonamides is 1. The Bertz CT molecular complexity index is 666. The first-order valence-corrected chi connectivity index (χ1v) is 10.5. The first kappa shape index (κ1) is 25.9. The lowest BCUT2D eigenvalue weighted by molar-refractivity contribution is 0.340. The van der Waals surface area contributed by atoms with Crippen molar-refractivity contribution in [3.05, 3.63) is 29.8 Å². The summed E-state index contributed by atoms with van der Waals surface area (Å²) in [6, 6.07) is 8.01. The molecular formula is C18H33IN4O3S. The van der Waals surface area contributed by atoms with Crippen molar-refractivity contribution in [3.8, 4) is 5.75 Å². The number of nitrogens with zero attached hydrogens (tertiary/aromatic N) is 3. The van der Waals surface area contributed by atoms with Gasteiger partial charge in [-0.1, -0.05) is 12.1 Å². The zero-order chi connectivity index (χ0) is 19.6. The second-order valence-electron chi connectivity index (χ2n) is 5.98. The molecule has 1 rings (SSSR count). The zero-order valence-corrected chi connectivity index (χ0v) is 20.1. The fraction of sp³-hybridized carbons (Fsp3) is 0.611. The van der Waals surface area contributed by atoms with E-state index >= 15 is 0 Å². The smallest absolute Gasteiger partial charge is 0.213 e. The summed E-state index contributed by atoms with van der Waals surface area (Å²) in [5.74, 6) is 1.77. The summed E-state index contributed by atoms with van der Waals surface area (Å²) in [5.41, 5.74) is 1.16. The van der Waals surface area contributed by atoms with E-state index in [2.05, 4.69) is 10.3 Å². The second-order valence-corrected chi connectivity index (χ2v) is 8.35. The van der Waals surface area contributed by atoms with Gasteiger partial charge in [0.05, 0.1) is 12.4 Å². The van der Waals surface area contributed by atoms with Gasteiger partial charge in [0, 0.05) is 40.8 Å². The van der Waals surface area contributed by atoms with Gasteiger partial charge < -0.3 is 15.0 Å². The van der Waals surface area contributed by atoms with Crippen molar-refractivity contribution >= 4 is 40.0 Å². The average Bonchev–Trinajstić information content (AvgIpc) is 2.63. The molecule has 7 nitrogen and oxygen atoms in total. The molecule has 0 unspecified atom stereocenters. The summed E-state index contributed by atoms with van der Waals surface area (Å²) in [6.45, 7) is 6.14. The van der Waals surface area contributed by atoms with Crippen LogP contribution in [0.2, 0.25) is 0 Å². The van der Waals surface area contributed by atoms with E-state index in [0.717, 1.165) is 23.8 Å². The molecule has 0 heterocycles. The third-order valence-electron chi connectivity index (χ3n) is 4.00. The van der Waals surface area contributed by atoms with Crippen LogP contribution in [0.5, 0.6) is 5.75 Å². The summed E-state index contributed by atoms with van der Waals surface area (Å²) < 4.78 is 30.3. The van der Waals surface area contributed by atoms with Crippen LogP contribution in [-0.4, -0.2) is 70.2 Å². The summed E-state index contributed by atoms with van der Waals surface area (Å²) >= 11 is 0. The van der Waals surface area contributed by atoms with Crippen LogP contribution in [0, 0.1) is 0 Å². The Kier molecular flexibility index (Phi) is 12.6. The molecule has 0 aliphatic carbocycles. The Morgan fingerprint density at radius 3 is 2.33 bits per heavy atom. The van der Waals surface area contributed by atoms with Gasteiger partial charge in [0.2, 0.25) is 10.0 Å². The van der Waals surface area contributed by atoms with Gasteiger partial charge in [0.25, 0.3) is 0 Å². The second kappa shape index (κ2) is 13.2. The average molecular weight is 512 g/mol. The van der Waals surface area contributed by atoms with Crippen molar-refractivity contribution in [1.29, 1.82) is 0 Å². The van der Waals surface area contributed by atoms with Crippen molar-refractivity contribution in [2.24, 2.45) is 4.99 Å². The first-order valence-electron chi connectivity index (χ1n) is 8.91. The third kappa shape index (κ3) is 9.11. The minimum absolute atomic E-state index is 0. The van der Waals surface area contributed by atoms with Gasteiger partial charge in [0.15, 0.2) is 5.96 Å². The van der Waals surface area contributed by atoms with Crippen LogP contribution in [0.3, 0.4) is 0 Å². The lowest BCUT2D eigenvalue weighted by Gasteiger charge is -2.23. The maximum atomic E-state index is 11.7. The topological polar surface area (TPSA) is 74.2 Å². The lowest BCUT2D eigenvalue weighted by Crippen LogP contribution is -2.40. The molecule has 0 aliphatic heterocycles. The molecule has 0 amide bonds. The quantitative estimate of drug-likeness (QED) is 0.226. The molecule has 0 radical (unpaired) electrons. The maximum Gasteiger partial charge on any atom is 0.213 e. The molecule has 9 heteroatoms. The number of benzene rings is 1. The van der Waals surface area contributed by atoms with Crippen LogP contribution in [0.1, 0.15) is 25.8 Å². The largest absolute Gasteiger partial charge is 0.494 e. The molecule has 0 atom stereocenters. The van der Waals surface area contributed by atoms with E-state index in [0.29, 0.717) is 26.1 Å². The number of halogens is 1. The molecule has 0 bridgehead atoms. The van der Waals surface area contributed by atoms with Crippen molar-refractivity contribution in [3.63, 3.8) is 0 Å². The fourth-order valence-corrected chi connectivity index (χ4v) is 3.30. The van der Waals surface area contributed by atoms with Crippen LogP contribution in [0.4, 0.5) is 0 Å². The SMILES string of the molecule is CCOc1ccc(CN(C)C(=NC)NCCCN(C)S(=O)(=O)CC)cc1.I. The Hall–Kier alpha value is -1.07. The number of hydrogen-bond donors (Lipinski definition) is 1. The maximum absolute atomic E-state index is 11.7. The molecule has 0 spiro atoms. The van der Waals surface area contributed by atoms with E-state index in [-0.39, 0.29) is 29.7 Å². The van der Waals surface area contributed by atoms with E-state index in [1.807, 2.05) is 43.1 Å². The van der Waals surface area contributed by atoms with Crippen LogP contribution < -0.4 is 10.1 Å². The zero-order valence-electron chi connectivity index (χ0n) is 16.9. The van der Waals surface area contributed by atoms with E-state index in [4.69, 9.17) is 4.74 Å². The Labute approximate surface area is 181 Å². The summed E-state index contributed by atoms with van der Waals surface area (Å²) in [4.78, 5) is 6.32. The fourth-order valence-electron chi connectivity index (χ4n) is 2.45. The van der Waals surface area contributed by atoms with E-state index < -0.39 is 10.0 Å². The summed E-state index contributed by atoms with van der Waals surface area (Å²) in [7, 11) is 2.21. The number of ether oxygens (including phenoxy) is 1. The van der Waals surface area contributed by atoms with Gasteiger partial charge in [0.1, 0.15) is 5.75 Å². The molecule has 27 heavy (non-hydrogen) atoms. The standard InChI is InChI=1S/C18H32N4O3S.HI/c1-6-25-17-11-9-16(10-12-17)15-21(4)18(19-3)20-13-8-14-22(5)26(23,24)7-2;/h9-12H,6-8,13-15H2,1-5H3,(H,19,20);1H. The highest BCUT2D eigenvalue weighted by molar-refractivity contribution is 14.0. The molecule has 1 aromatic rings. The van der Waals surface area contributed by atoms with Gasteiger partial charge >= 0.3 is 0 Å². The van der Waals surface area contributed by atoms with Crippen LogP contribution in [0.25, 0.3) is 0 Å². The van der Waals surface area contributed by atoms with E-state index in [9.17, 15) is 8.42 Å². The number of hydrogen-bond acceptors (Lipinski definition) is 4. The molecule has 0 saturated carbocycles. The predicted octanol–water partition coefficient (Wildman–Crippen LogP) is 2.38. The van der Waals surface area contributed by atoms with Crippen molar-refractivity contribution in [2.45, 2.75) is 26.8 Å². The van der Waals surface area contributed by atoms with Crippen LogP contribution in [-0.2, 0) is 16.6 Å². The minimum Gasteiger partial charge on any atom is -0.494 e. The molecule has 1 aromatic carbocycles. The molecular weight excluding hydrogens is 479 g/mol. The predicted molar refractivity (Wildman–Crippen MR) is 123 cm³/mol. The van der Waals surface area contributed by atoms with Crippen LogP contribution in [0.15, 0.2) is 29.3 Å². The van der Waals surface area contributed by atoms with Crippen molar-refractivity contribution in [1.82, 2.24) is 14.5 Å². The molecule has 0 aliphatic rings. The van der Waals surface area contributed by atoms with Gasteiger partial charge in [-0.05, 0) is 38.0 Å². The van der Waals surface area contributed by atoms with Crippen molar-refractivity contribution in [2.75, 3.05) is 46.6 Å². The Morgan fingerprint density at radius 1 is 1.19 bits per heavy atom. The highest BCUT2D eigenvalue weighted by Gasteiger charge is 2.14. The molecule has 156 valence electrons. The first-order chi connectivity index (χ1) is 12.3. The minimum atomic E-state index is -3.11. The number of rotatable bonds is 10. The highest BCUT2D eigenvalue weighted by Crippen LogP contribution is 2.13. The van der Waals surface area contributed by atoms with Crippen LogP contribution >= 0.6 is 24.0 Å². The molecule has 1 N–H and O–H groups in total. The highest BCUT2D eigenvalue weighted by atomic mass is 127. The number of nitrogens with one attached hydrogen (secondary N) is 1. The lowest BCUT2D eigenvalue weighted by atomic mass is 10.2. The number of guanidine groups is 1. The van der Waals surface area contributed by atoms with E-state index in [1.165, 1.54) is 4.31 Å². The normalized spacial score (nSPS) is 11.9. The number of aliphatic imine (C=N–C) groups is 1.